The van der Waals surface area contributed by atoms with Crippen LogP contribution in [0.1, 0.15) is 32.3 Å². The third-order valence-electron chi connectivity index (χ3n) is 4.06. The number of carboxylic acids is 1. The number of aryl methyl sites for hydroxylation is 1. The molecule has 0 bridgehead atoms. The van der Waals surface area contributed by atoms with E-state index in [1.165, 1.54) is 14.2 Å². The molecule has 0 aliphatic carbocycles. The Morgan fingerprint density at radius 2 is 1.72 bits per heavy atom. The highest BCUT2D eigenvalue weighted by molar-refractivity contribution is 5.77. The van der Waals surface area contributed by atoms with Crippen LogP contribution < -0.4 is 19.5 Å². The van der Waals surface area contributed by atoms with Crippen LogP contribution in [0.3, 0.4) is 0 Å². The van der Waals surface area contributed by atoms with Gasteiger partial charge in [0.2, 0.25) is 11.7 Å². The minimum absolute atomic E-state index is 0.141. The van der Waals surface area contributed by atoms with Crippen LogP contribution in [0, 0.1) is 5.41 Å². The number of hydrogen-bond donors (Lipinski definition) is 2. The van der Waals surface area contributed by atoms with Gasteiger partial charge in [0.25, 0.3) is 0 Å². The van der Waals surface area contributed by atoms with Crippen LogP contribution >= 0.6 is 0 Å². The van der Waals surface area contributed by atoms with Crippen LogP contribution in [0.25, 0.3) is 0 Å². The maximum absolute atomic E-state index is 12.0. The number of ether oxygens (including phenoxy) is 3. The highest BCUT2D eigenvalue weighted by Crippen LogP contribution is 2.40. The molecule has 1 aromatic carbocycles. The molecule has 0 aromatic heterocycles. The van der Waals surface area contributed by atoms with E-state index in [1.807, 2.05) is 6.07 Å². The smallest absolute Gasteiger partial charge is 0.309 e. The van der Waals surface area contributed by atoms with E-state index in [4.69, 9.17) is 19.3 Å². The zero-order valence-corrected chi connectivity index (χ0v) is 15.5. The van der Waals surface area contributed by atoms with Crippen LogP contribution in [0.5, 0.6) is 17.2 Å². The van der Waals surface area contributed by atoms with E-state index in [0.717, 1.165) is 5.56 Å². The molecular formula is C18H27NO6. The zero-order valence-electron chi connectivity index (χ0n) is 15.5. The fourth-order valence-electron chi connectivity index (χ4n) is 2.32. The summed E-state index contributed by atoms with van der Waals surface area (Å²) in [6, 6.07) is 3.60. The summed E-state index contributed by atoms with van der Waals surface area (Å²) in [5.41, 5.74) is -0.0268. The van der Waals surface area contributed by atoms with Crippen LogP contribution in [0.15, 0.2) is 12.1 Å². The summed E-state index contributed by atoms with van der Waals surface area (Å²) in [5.74, 6) is 0.575. The van der Waals surface area contributed by atoms with Crippen LogP contribution in [0.2, 0.25) is 0 Å². The first kappa shape index (κ1) is 20.6. The van der Waals surface area contributed by atoms with E-state index in [1.54, 1.807) is 27.0 Å². The van der Waals surface area contributed by atoms with Gasteiger partial charge in [0.15, 0.2) is 11.5 Å². The molecule has 7 nitrogen and oxygen atoms in total. The predicted molar refractivity (Wildman–Crippen MR) is 93.5 cm³/mol. The molecule has 1 amide bonds. The Bertz CT molecular complexity index is 612. The second kappa shape index (κ2) is 9.15. The first-order chi connectivity index (χ1) is 11.8. The maximum Gasteiger partial charge on any atom is 0.309 e. The van der Waals surface area contributed by atoms with Crippen molar-refractivity contribution in [3.8, 4) is 17.2 Å². The second-order valence-corrected chi connectivity index (χ2v) is 6.28. The average Bonchev–Trinajstić information content (AvgIpc) is 2.58. The van der Waals surface area contributed by atoms with Crippen LogP contribution in [0.4, 0.5) is 0 Å². The molecule has 140 valence electrons. The molecule has 0 heterocycles. The van der Waals surface area contributed by atoms with Crippen molar-refractivity contribution >= 4 is 11.9 Å². The third-order valence-corrected chi connectivity index (χ3v) is 4.06. The summed E-state index contributed by atoms with van der Waals surface area (Å²) in [4.78, 5) is 23.0. The summed E-state index contributed by atoms with van der Waals surface area (Å²) in [6.07, 6.45) is 1.10. The Balaban J connectivity index is 2.63. The molecule has 0 saturated carbocycles. The van der Waals surface area contributed by atoms with Gasteiger partial charge in [-0.25, -0.2) is 0 Å². The zero-order chi connectivity index (χ0) is 19.0. The standard InChI is InChI=1S/C18H27NO6/c1-18(2,17(21)22)10-11-19-14(20)9-7-12-6-8-13(23-3)16(25-5)15(12)24-4/h6,8H,7,9-11H2,1-5H3,(H,19,20)(H,21,22). The van der Waals surface area contributed by atoms with E-state index in [-0.39, 0.29) is 12.3 Å². The molecule has 0 unspecified atom stereocenters. The molecule has 7 heteroatoms. The van der Waals surface area contributed by atoms with Crippen molar-refractivity contribution in [3.05, 3.63) is 17.7 Å². The molecule has 0 aliphatic heterocycles. The lowest BCUT2D eigenvalue weighted by Gasteiger charge is -2.19. The van der Waals surface area contributed by atoms with Gasteiger partial charge in [-0.05, 0) is 38.3 Å². The topological polar surface area (TPSA) is 94.1 Å². The van der Waals surface area contributed by atoms with Crippen molar-refractivity contribution < 1.29 is 28.9 Å². The van der Waals surface area contributed by atoms with Gasteiger partial charge in [0.1, 0.15) is 0 Å². The molecule has 0 aliphatic rings. The molecule has 2 N–H and O–H groups in total. The number of amides is 1. The first-order valence-corrected chi connectivity index (χ1v) is 8.04. The number of methoxy groups -OCH3 is 3. The van der Waals surface area contributed by atoms with Crippen LogP contribution in [-0.2, 0) is 16.0 Å². The number of rotatable bonds is 10. The van der Waals surface area contributed by atoms with Gasteiger partial charge in [-0.3, -0.25) is 9.59 Å². The van der Waals surface area contributed by atoms with E-state index in [0.29, 0.717) is 36.6 Å². The molecule has 25 heavy (non-hydrogen) atoms. The molecule has 0 saturated heterocycles. The van der Waals surface area contributed by atoms with Gasteiger partial charge in [-0.15, -0.1) is 0 Å². The van der Waals surface area contributed by atoms with Gasteiger partial charge in [0, 0.05) is 13.0 Å². The average molecular weight is 353 g/mol. The molecule has 0 radical (unpaired) electrons. The minimum Gasteiger partial charge on any atom is -0.493 e. The fraction of sp³-hybridized carbons (Fsp3) is 0.556. The highest BCUT2D eigenvalue weighted by atomic mass is 16.5. The van der Waals surface area contributed by atoms with Gasteiger partial charge in [-0.1, -0.05) is 6.07 Å². The Morgan fingerprint density at radius 3 is 2.24 bits per heavy atom. The Morgan fingerprint density at radius 1 is 1.08 bits per heavy atom. The summed E-state index contributed by atoms with van der Waals surface area (Å²) < 4.78 is 15.9. The minimum atomic E-state index is -0.878. The van der Waals surface area contributed by atoms with Crippen molar-refractivity contribution in [1.82, 2.24) is 5.32 Å². The molecule has 0 spiro atoms. The molecule has 0 atom stereocenters. The van der Waals surface area contributed by atoms with E-state index in [2.05, 4.69) is 5.32 Å². The molecular weight excluding hydrogens is 326 g/mol. The lowest BCUT2D eigenvalue weighted by molar-refractivity contribution is -0.147. The van der Waals surface area contributed by atoms with Crippen molar-refractivity contribution in [2.24, 2.45) is 5.41 Å². The fourth-order valence-corrected chi connectivity index (χ4v) is 2.32. The Kier molecular flexibility index (Phi) is 7.54. The first-order valence-electron chi connectivity index (χ1n) is 8.04. The van der Waals surface area contributed by atoms with Gasteiger partial charge in [-0.2, -0.15) is 0 Å². The van der Waals surface area contributed by atoms with E-state index >= 15 is 0 Å². The number of carboxylic acid groups (broad SMARTS) is 1. The normalized spacial score (nSPS) is 10.9. The molecule has 1 aromatic rings. The number of carbonyl (C=O) groups excluding carboxylic acids is 1. The molecule has 1 rings (SSSR count). The summed E-state index contributed by atoms with van der Waals surface area (Å²) >= 11 is 0. The lowest BCUT2D eigenvalue weighted by Crippen LogP contribution is -2.32. The van der Waals surface area contributed by atoms with E-state index < -0.39 is 11.4 Å². The SMILES string of the molecule is COc1ccc(CCC(=O)NCCC(C)(C)C(=O)O)c(OC)c1OC. The second-order valence-electron chi connectivity index (χ2n) is 6.28. The van der Waals surface area contributed by atoms with Crippen LogP contribution in [-0.4, -0.2) is 44.9 Å². The number of carbonyl (C=O) groups is 2. The van der Waals surface area contributed by atoms with Gasteiger partial charge >= 0.3 is 5.97 Å². The van der Waals surface area contributed by atoms with Crippen molar-refractivity contribution in [3.63, 3.8) is 0 Å². The third kappa shape index (κ3) is 5.55. The number of nitrogens with one attached hydrogen (secondary N) is 1. The number of benzene rings is 1. The summed E-state index contributed by atoms with van der Waals surface area (Å²) in [6.45, 7) is 3.59. The van der Waals surface area contributed by atoms with Crippen molar-refractivity contribution in [2.75, 3.05) is 27.9 Å². The predicted octanol–water partition coefficient (Wildman–Crippen LogP) is 2.26. The Labute approximate surface area is 148 Å². The lowest BCUT2D eigenvalue weighted by atomic mass is 9.90. The quantitative estimate of drug-likeness (QED) is 0.670. The monoisotopic (exact) mass is 353 g/mol. The molecule has 0 fully saturated rings. The largest absolute Gasteiger partial charge is 0.493 e. The van der Waals surface area contributed by atoms with E-state index in [9.17, 15) is 9.59 Å². The van der Waals surface area contributed by atoms with Crippen molar-refractivity contribution in [1.29, 1.82) is 0 Å². The Hall–Kier alpha value is -2.44. The number of hydrogen-bond acceptors (Lipinski definition) is 5. The summed E-state index contributed by atoms with van der Waals surface area (Å²) in [5, 5.41) is 11.8. The van der Waals surface area contributed by atoms with Crippen molar-refractivity contribution in [2.45, 2.75) is 33.1 Å². The highest BCUT2D eigenvalue weighted by Gasteiger charge is 2.26. The number of aliphatic carboxylic acids is 1. The van der Waals surface area contributed by atoms with Gasteiger partial charge in [0.05, 0.1) is 26.7 Å². The summed E-state index contributed by atoms with van der Waals surface area (Å²) in [7, 11) is 4.61. The maximum atomic E-state index is 12.0. The van der Waals surface area contributed by atoms with Gasteiger partial charge < -0.3 is 24.6 Å².